The molecule has 0 fully saturated rings. The third kappa shape index (κ3) is 3.14. The van der Waals surface area contributed by atoms with E-state index < -0.39 is 0 Å². The fourth-order valence-corrected chi connectivity index (χ4v) is 1.54. The Kier molecular flexibility index (Phi) is 3.24. The van der Waals surface area contributed by atoms with E-state index in [2.05, 4.69) is 36.1 Å². The van der Waals surface area contributed by atoms with Crippen LogP contribution in [0, 0.1) is 0 Å². The van der Waals surface area contributed by atoms with Gasteiger partial charge in [-0.1, -0.05) is 0 Å². The van der Waals surface area contributed by atoms with Gasteiger partial charge in [0.05, 0.1) is 23.9 Å². The maximum atomic E-state index is 4.19. The van der Waals surface area contributed by atoms with Gasteiger partial charge in [0.1, 0.15) is 0 Å². The van der Waals surface area contributed by atoms with E-state index in [-0.39, 0.29) is 5.54 Å². The Balaban J connectivity index is 2.18. The Morgan fingerprint density at radius 3 is 2.71 bits per heavy atom. The zero-order chi connectivity index (χ0) is 12.3. The van der Waals surface area contributed by atoms with Crippen LogP contribution in [-0.2, 0) is 6.54 Å². The third-order valence-electron chi connectivity index (χ3n) is 2.44. The maximum Gasteiger partial charge on any atom is 0.0995 e. The molecule has 0 radical (unpaired) electrons. The third-order valence-corrected chi connectivity index (χ3v) is 2.44. The molecule has 0 bridgehead atoms. The Morgan fingerprint density at radius 2 is 2.06 bits per heavy atom. The lowest BCUT2D eigenvalue weighted by molar-refractivity contribution is 0.419. The van der Waals surface area contributed by atoms with Crippen LogP contribution in [0.4, 0.5) is 0 Å². The number of hydrogen-bond donors (Lipinski definition) is 1. The van der Waals surface area contributed by atoms with Gasteiger partial charge >= 0.3 is 0 Å². The molecule has 0 spiro atoms. The summed E-state index contributed by atoms with van der Waals surface area (Å²) in [5, 5.41) is 3.45. The van der Waals surface area contributed by atoms with E-state index in [1.54, 1.807) is 6.20 Å². The van der Waals surface area contributed by atoms with Gasteiger partial charge in [-0.05, 0) is 32.9 Å². The SMILES string of the molecule is CC(C)(C)NCc1cncn1-c1cccnc1. The summed E-state index contributed by atoms with van der Waals surface area (Å²) in [4.78, 5) is 8.32. The van der Waals surface area contributed by atoms with Crippen molar-refractivity contribution in [2.75, 3.05) is 0 Å². The van der Waals surface area contributed by atoms with E-state index in [4.69, 9.17) is 0 Å². The van der Waals surface area contributed by atoms with Gasteiger partial charge in [0.25, 0.3) is 0 Å². The van der Waals surface area contributed by atoms with Crippen LogP contribution in [-0.4, -0.2) is 20.1 Å². The van der Waals surface area contributed by atoms with Crippen molar-refractivity contribution in [3.8, 4) is 5.69 Å². The minimum absolute atomic E-state index is 0.101. The van der Waals surface area contributed by atoms with E-state index >= 15 is 0 Å². The Morgan fingerprint density at radius 1 is 1.24 bits per heavy atom. The van der Waals surface area contributed by atoms with Gasteiger partial charge < -0.3 is 9.88 Å². The summed E-state index contributed by atoms with van der Waals surface area (Å²) in [5.74, 6) is 0. The highest BCUT2D eigenvalue weighted by molar-refractivity contribution is 5.30. The van der Waals surface area contributed by atoms with Gasteiger partial charge in [-0.25, -0.2) is 4.98 Å². The fraction of sp³-hybridized carbons (Fsp3) is 0.385. The molecule has 4 nitrogen and oxygen atoms in total. The van der Waals surface area contributed by atoms with Crippen molar-refractivity contribution >= 4 is 0 Å². The molecule has 0 saturated heterocycles. The number of imidazole rings is 1. The first-order valence-electron chi connectivity index (χ1n) is 5.73. The largest absolute Gasteiger partial charge is 0.306 e. The summed E-state index contributed by atoms with van der Waals surface area (Å²) in [6.07, 6.45) is 7.30. The molecule has 0 saturated carbocycles. The van der Waals surface area contributed by atoms with Crippen LogP contribution in [0.2, 0.25) is 0 Å². The van der Waals surface area contributed by atoms with Crippen molar-refractivity contribution in [1.82, 2.24) is 19.9 Å². The monoisotopic (exact) mass is 230 g/mol. The molecule has 17 heavy (non-hydrogen) atoms. The van der Waals surface area contributed by atoms with Crippen molar-refractivity contribution < 1.29 is 0 Å². The molecule has 0 aliphatic rings. The predicted molar refractivity (Wildman–Crippen MR) is 68.0 cm³/mol. The second kappa shape index (κ2) is 4.67. The van der Waals surface area contributed by atoms with Crippen LogP contribution < -0.4 is 5.32 Å². The quantitative estimate of drug-likeness (QED) is 0.878. The van der Waals surface area contributed by atoms with E-state index in [1.807, 2.05) is 35.4 Å². The van der Waals surface area contributed by atoms with Crippen molar-refractivity contribution in [2.45, 2.75) is 32.9 Å². The number of pyridine rings is 1. The molecule has 0 unspecified atom stereocenters. The van der Waals surface area contributed by atoms with Crippen LogP contribution >= 0.6 is 0 Å². The van der Waals surface area contributed by atoms with E-state index in [0.29, 0.717) is 0 Å². The molecular formula is C13H18N4. The lowest BCUT2D eigenvalue weighted by Crippen LogP contribution is -2.35. The number of nitrogens with zero attached hydrogens (tertiary/aromatic N) is 3. The predicted octanol–water partition coefficient (Wildman–Crippen LogP) is 2.16. The molecule has 0 aromatic carbocycles. The summed E-state index contributed by atoms with van der Waals surface area (Å²) >= 11 is 0. The maximum absolute atomic E-state index is 4.19. The van der Waals surface area contributed by atoms with Gasteiger partial charge in [0, 0.05) is 24.5 Å². The van der Waals surface area contributed by atoms with Crippen molar-refractivity contribution in [3.05, 3.63) is 42.7 Å². The molecular weight excluding hydrogens is 212 g/mol. The molecule has 2 aromatic rings. The Hall–Kier alpha value is -1.68. The van der Waals surface area contributed by atoms with Crippen molar-refractivity contribution in [3.63, 3.8) is 0 Å². The number of aromatic nitrogens is 3. The van der Waals surface area contributed by atoms with Gasteiger partial charge in [-0.15, -0.1) is 0 Å². The average Bonchev–Trinajstić information content (AvgIpc) is 2.75. The first kappa shape index (κ1) is 11.8. The molecule has 2 heterocycles. The van der Waals surface area contributed by atoms with Crippen LogP contribution in [0.25, 0.3) is 5.69 Å². The fourth-order valence-electron chi connectivity index (χ4n) is 1.54. The van der Waals surface area contributed by atoms with Crippen LogP contribution in [0.15, 0.2) is 37.1 Å². The second-order valence-corrected chi connectivity index (χ2v) is 5.07. The molecule has 0 aliphatic carbocycles. The molecule has 0 atom stereocenters. The average molecular weight is 230 g/mol. The van der Waals surface area contributed by atoms with Gasteiger partial charge in [-0.3, -0.25) is 4.98 Å². The minimum atomic E-state index is 0.101. The van der Waals surface area contributed by atoms with Crippen LogP contribution in [0.1, 0.15) is 26.5 Å². The molecule has 0 amide bonds. The lowest BCUT2D eigenvalue weighted by atomic mass is 10.1. The summed E-state index contributed by atoms with van der Waals surface area (Å²) in [5.41, 5.74) is 2.27. The number of rotatable bonds is 3. The summed E-state index contributed by atoms with van der Waals surface area (Å²) in [6.45, 7) is 7.24. The van der Waals surface area contributed by atoms with Gasteiger partial charge in [-0.2, -0.15) is 0 Å². The highest BCUT2D eigenvalue weighted by Gasteiger charge is 2.11. The normalized spacial score (nSPS) is 11.7. The van der Waals surface area contributed by atoms with E-state index in [0.717, 1.165) is 17.9 Å². The molecule has 0 aliphatic heterocycles. The standard InChI is InChI=1S/C13H18N4/c1-13(2,3)16-9-12-8-15-10-17(12)11-5-4-6-14-7-11/h4-8,10,16H,9H2,1-3H3. The minimum Gasteiger partial charge on any atom is -0.306 e. The van der Waals surface area contributed by atoms with Crippen molar-refractivity contribution in [1.29, 1.82) is 0 Å². The molecule has 90 valence electrons. The topological polar surface area (TPSA) is 42.7 Å². The lowest BCUT2D eigenvalue weighted by Gasteiger charge is -2.20. The summed E-state index contributed by atoms with van der Waals surface area (Å²) in [6, 6.07) is 3.95. The second-order valence-electron chi connectivity index (χ2n) is 5.07. The summed E-state index contributed by atoms with van der Waals surface area (Å²) < 4.78 is 2.05. The molecule has 2 aromatic heterocycles. The number of hydrogen-bond acceptors (Lipinski definition) is 3. The molecule has 2 rings (SSSR count). The van der Waals surface area contributed by atoms with E-state index in [9.17, 15) is 0 Å². The summed E-state index contributed by atoms with van der Waals surface area (Å²) in [7, 11) is 0. The number of nitrogens with one attached hydrogen (secondary N) is 1. The zero-order valence-electron chi connectivity index (χ0n) is 10.5. The molecule has 4 heteroatoms. The van der Waals surface area contributed by atoms with Gasteiger partial charge in [0.15, 0.2) is 0 Å². The van der Waals surface area contributed by atoms with Gasteiger partial charge in [0.2, 0.25) is 0 Å². The zero-order valence-corrected chi connectivity index (χ0v) is 10.5. The highest BCUT2D eigenvalue weighted by atomic mass is 15.1. The molecule has 1 N–H and O–H groups in total. The first-order valence-corrected chi connectivity index (χ1v) is 5.73. The highest BCUT2D eigenvalue weighted by Crippen LogP contribution is 2.10. The Bertz CT molecular complexity index is 468. The first-order chi connectivity index (χ1) is 8.06. The van der Waals surface area contributed by atoms with Crippen LogP contribution in [0.5, 0.6) is 0 Å². The van der Waals surface area contributed by atoms with E-state index in [1.165, 1.54) is 0 Å². The smallest absolute Gasteiger partial charge is 0.0995 e. The van der Waals surface area contributed by atoms with Crippen LogP contribution in [0.3, 0.4) is 0 Å². The Labute approximate surface area is 102 Å². The van der Waals surface area contributed by atoms with Crippen molar-refractivity contribution in [2.24, 2.45) is 0 Å².